The molecule has 0 spiro atoms. The molecule has 0 fully saturated rings. The summed E-state index contributed by atoms with van der Waals surface area (Å²) in [7, 11) is 3.53. The summed E-state index contributed by atoms with van der Waals surface area (Å²) in [5.41, 5.74) is 6.09. The molecule has 0 atom stereocenters. The van der Waals surface area contributed by atoms with E-state index in [2.05, 4.69) is 28.9 Å². The first-order valence-corrected chi connectivity index (χ1v) is 4.00. The van der Waals surface area contributed by atoms with Crippen molar-refractivity contribution in [2.45, 2.75) is 6.42 Å². The van der Waals surface area contributed by atoms with Crippen molar-refractivity contribution in [2.75, 3.05) is 5.73 Å². The average molecular weight is 280 g/mol. The summed E-state index contributed by atoms with van der Waals surface area (Å²) >= 11 is 0. The maximum atomic E-state index is 11.2. The molecule has 2 heterocycles. The van der Waals surface area contributed by atoms with Gasteiger partial charge in [-0.3, -0.25) is 4.98 Å². The van der Waals surface area contributed by atoms with E-state index in [0.717, 1.165) is 4.57 Å². The standard InChI is InChI=1S/C8H9N5O.Y/c1-3-4-10-6(9)5-7(11-4)13(2)8(14)12-5;/h1-3H2,(H,12,14)(H2,9,10,11);/q-2;. The third kappa shape index (κ3) is 1.91. The third-order valence-electron chi connectivity index (χ3n) is 1.92. The zero-order valence-electron chi connectivity index (χ0n) is 8.03. The van der Waals surface area contributed by atoms with E-state index in [4.69, 9.17) is 5.73 Å². The van der Waals surface area contributed by atoms with E-state index in [1.165, 1.54) is 0 Å². The Kier molecular flexibility index (Phi) is 3.51. The van der Waals surface area contributed by atoms with E-state index >= 15 is 0 Å². The van der Waals surface area contributed by atoms with Crippen LogP contribution in [0.4, 0.5) is 5.82 Å². The van der Waals surface area contributed by atoms with Crippen LogP contribution in [0.3, 0.4) is 0 Å². The van der Waals surface area contributed by atoms with Gasteiger partial charge in [-0.25, -0.2) is 4.98 Å². The molecule has 0 aromatic carbocycles. The van der Waals surface area contributed by atoms with Crippen molar-refractivity contribution in [1.29, 1.82) is 0 Å². The molecule has 77 valence electrons. The van der Waals surface area contributed by atoms with Crippen molar-refractivity contribution in [3.05, 3.63) is 30.3 Å². The Hall–Kier alpha value is -0.876. The number of nitrogen functional groups attached to an aromatic ring is 1. The number of aromatic amines is 1. The van der Waals surface area contributed by atoms with Gasteiger partial charge in [0.05, 0.1) is 17.0 Å². The average Bonchev–Trinajstić information content (AvgIpc) is 2.45. The molecular formula is C8H9N5OY-2. The molecule has 3 N–H and O–H groups in total. The first-order valence-electron chi connectivity index (χ1n) is 4.00. The van der Waals surface area contributed by atoms with Crippen molar-refractivity contribution >= 4 is 17.0 Å². The Morgan fingerprint density at radius 2 is 2.13 bits per heavy atom. The van der Waals surface area contributed by atoms with E-state index in [0.29, 0.717) is 23.4 Å². The molecular weight excluding hydrogens is 271 g/mol. The second-order valence-electron chi connectivity index (χ2n) is 2.83. The van der Waals surface area contributed by atoms with Crippen LogP contribution < -0.4 is 11.4 Å². The van der Waals surface area contributed by atoms with E-state index in [-0.39, 0.29) is 44.2 Å². The fourth-order valence-corrected chi connectivity index (χ4v) is 1.21. The normalized spacial score (nSPS) is 10.2. The summed E-state index contributed by atoms with van der Waals surface area (Å²) in [4.78, 5) is 21.8. The van der Waals surface area contributed by atoms with Gasteiger partial charge in [-0.1, -0.05) is 0 Å². The molecule has 0 unspecified atom stereocenters. The number of fused-ring (bicyclic) bond motifs is 1. The molecule has 0 aliphatic rings. The molecule has 6 nitrogen and oxygen atoms in total. The number of imidazole rings is 1. The maximum Gasteiger partial charge on any atom is 0.215 e. The second kappa shape index (κ2) is 4.32. The van der Waals surface area contributed by atoms with Gasteiger partial charge in [-0.2, -0.15) is 0 Å². The number of nitrogens with zero attached hydrogens (tertiary/aromatic N) is 3. The number of hydrogen-bond donors (Lipinski definition) is 2. The van der Waals surface area contributed by atoms with Crippen LogP contribution in [0.1, 0.15) is 5.82 Å². The molecule has 0 amide bonds. The summed E-state index contributed by atoms with van der Waals surface area (Å²) < 4.78 is 1.15. The quantitative estimate of drug-likeness (QED) is 0.703. The zero-order valence-corrected chi connectivity index (χ0v) is 10.9. The van der Waals surface area contributed by atoms with Gasteiger partial charge in [-0.05, 0) is 0 Å². The van der Waals surface area contributed by atoms with Crippen LogP contribution in [0.2, 0.25) is 0 Å². The number of nitrogens with one attached hydrogen (secondary N) is 1. The summed E-state index contributed by atoms with van der Waals surface area (Å²) in [6.07, 6.45) is 0.416. The van der Waals surface area contributed by atoms with Gasteiger partial charge in [-0.15, -0.1) is 13.5 Å². The predicted octanol–water partition coefficient (Wildman–Crippen LogP) is -0.284. The van der Waals surface area contributed by atoms with Gasteiger partial charge in [0.1, 0.15) is 5.82 Å². The minimum atomic E-state index is -0.359. The van der Waals surface area contributed by atoms with Crippen LogP contribution in [0.15, 0.2) is 4.79 Å². The monoisotopic (exact) mass is 280 g/mol. The molecule has 2 aromatic heterocycles. The molecule has 0 aliphatic heterocycles. The Balaban J connectivity index is 0.00000112. The minimum Gasteiger partial charge on any atom is -0.418 e. The van der Waals surface area contributed by atoms with Crippen LogP contribution in [0, 0.1) is 14.0 Å². The number of aromatic nitrogens is 4. The van der Waals surface area contributed by atoms with Crippen molar-refractivity contribution in [2.24, 2.45) is 0 Å². The van der Waals surface area contributed by atoms with Crippen molar-refractivity contribution < 1.29 is 32.7 Å². The molecule has 0 saturated carbocycles. The molecule has 0 aliphatic carbocycles. The first kappa shape index (κ1) is 12.2. The second-order valence-corrected chi connectivity index (χ2v) is 2.83. The van der Waals surface area contributed by atoms with Gasteiger partial charge >= 0.3 is 0 Å². The van der Waals surface area contributed by atoms with Gasteiger partial charge in [0.25, 0.3) is 0 Å². The Morgan fingerprint density at radius 1 is 1.47 bits per heavy atom. The van der Waals surface area contributed by atoms with Crippen LogP contribution in [-0.2, 0) is 39.1 Å². The maximum absolute atomic E-state index is 11.2. The molecule has 0 saturated heterocycles. The molecule has 2 rings (SSSR count). The van der Waals surface area contributed by atoms with Crippen LogP contribution in [0.25, 0.3) is 11.2 Å². The SMILES string of the molecule is [CH2-]Cc1nc(N)c2[nH]c(=O)n([CH2-])c2n1.[Y]. The zero-order chi connectivity index (χ0) is 10.3. The first-order chi connectivity index (χ1) is 6.63. The van der Waals surface area contributed by atoms with E-state index in [1.54, 1.807) is 0 Å². The topological polar surface area (TPSA) is 89.6 Å². The van der Waals surface area contributed by atoms with Crippen molar-refractivity contribution in [3.8, 4) is 0 Å². The third-order valence-corrected chi connectivity index (χ3v) is 1.92. The number of anilines is 1. The number of nitrogens with two attached hydrogens (primary N) is 1. The molecule has 7 heteroatoms. The summed E-state index contributed by atoms with van der Waals surface area (Å²) in [6.45, 7) is 3.64. The number of hydrogen-bond acceptors (Lipinski definition) is 4. The van der Waals surface area contributed by atoms with Crippen LogP contribution >= 0.6 is 0 Å². The predicted molar refractivity (Wildman–Crippen MR) is 52.4 cm³/mol. The Morgan fingerprint density at radius 3 is 2.73 bits per heavy atom. The Bertz CT molecular complexity index is 544. The fourth-order valence-electron chi connectivity index (χ4n) is 1.21. The van der Waals surface area contributed by atoms with Crippen LogP contribution in [0.5, 0.6) is 0 Å². The minimum absolute atomic E-state index is 0. The molecule has 15 heavy (non-hydrogen) atoms. The van der Waals surface area contributed by atoms with Crippen molar-refractivity contribution in [3.63, 3.8) is 0 Å². The van der Waals surface area contributed by atoms with E-state index in [9.17, 15) is 4.79 Å². The summed E-state index contributed by atoms with van der Waals surface area (Å²) in [6, 6.07) is 0. The van der Waals surface area contributed by atoms with E-state index < -0.39 is 0 Å². The van der Waals surface area contributed by atoms with Crippen LogP contribution in [-0.4, -0.2) is 19.5 Å². The van der Waals surface area contributed by atoms with Crippen molar-refractivity contribution in [1.82, 2.24) is 19.5 Å². The van der Waals surface area contributed by atoms with E-state index in [1.807, 2.05) is 0 Å². The number of rotatable bonds is 1. The van der Waals surface area contributed by atoms with Gasteiger partial charge in [0.2, 0.25) is 5.69 Å². The Labute approximate surface area is 111 Å². The molecule has 2 aromatic rings. The number of H-pyrrole nitrogens is 1. The molecule has 0 bridgehead atoms. The smallest absolute Gasteiger partial charge is 0.215 e. The van der Waals surface area contributed by atoms with Gasteiger partial charge < -0.3 is 27.0 Å². The summed E-state index contributed by atoms with van der Waals surface area (Å²) in [5, 5.41) is 0. The largest absolute Gasteiger partial charge is 0.418 e. The van der Waals surface area contributed by atoms with Gasteiger partial charge in [0, 0.05) is 32.7 Å². The fraction of sp³-hybridized carbons (Fsp3) is 0.125. The molecule has 1 radical (unpaired) electrons. The van der Waals surface area contributed by atoms with Gasteiger partial charge in [0.15, 0.2) is 0 Å². The summed E-state index contributed by atoms with van der Waals surface area (Å²) in [5.74, 6) is 0.736.